The molecule has 0 aliphatic rings. The average Bonchev–Trinajstić information content (AvgIpc) is 1.99. The molecule has 0 unspecified atom stereocenters. The van der Waals surface area contributed by atoms with Crippen molar-refractivity contribution in [3.8, 4) is 5.75 Å². The van der Waals surface area contributed by atoms with Gasteiger partial charge in [-0.3, -0.25) is 9.78 Å². The van der Waals surface area contributed by atoms with Gasteiger partial charge in [-0.2, -0.15) is 0 Å². The standard InChI is InChI=1S/C8H6F3NO3/c9-8(10,11)15-6-1-5(2-7(13)14)3-12-4-6/h1,3-4H,2H2,(H,13,14). The SMILES string of the molecule is O=C(O)Cc1cncc(OC(F)(F)F)c1. The van der Waals surface area contributed by atoms with Crippen molar-refractivity contribution in [2.75, 3.05) is 0 Å². The molecule has 0 spiro atoms. The molecular weight excluding hydrogens is 215 g/mol. The van der Waals surface area contributed by atoms with Crippen LogP contribution in [0.5, 0.6) is 5.75 Å². The second-order valence-electron chi connectivity index (χ2n) is 2.65. The van der Waals surface area contributed by atoms with Gasteiger partial charge in [0.2, 0.25) is 0 Å². The maximum atomic E-state index is 11.8. The van der Waals surface area contributed by atoms with E-state index >= 15 is 0 Å². The topological polar surface area (TPSA) is 59.4 Å². The van der Waals surface area contributed by atoms with Crippen LogP contribution in [-0.2, 0) is 11.2 Å². The smallest absolute Gasteiger partial charge is 0.481 e. The average molecular weight is 221 g/mol. The molecule has 7 heteroatoms. The van der Waals surface area contributed by atoms with Crippen molar-refractivity contribution >= 4 is 5.97 Å². The van der Waals surface area contributed by atoms with Gasteiger partial charge >= 0.3 is 12.3 Å². The van der Waals surface area contributed by atoms with Gasteiger partial charge in [0.25, 0.3) is 0 Å². The summed E-state index contributed by atoms with van der Waals surface area (Å²) in [4.78, 5) is 13.7. The summed E-state index contributed by atoms with van der Waals surface area (Å²) in [6.45, 7) is 0. The molecule has 1 heterocycles. The minimum Gasteiger partial charge on any atom is -0.481 e. The third-order valence-electron chi connectivity index (χ3n) is 1.36. The zero-order chi connectivity index (χ0) is 11.5. The van der Waals surface area contributed by atoms with Gasteiger partial charge in [0.15, 0.2) is 0 Å². The lowest BCUT2D eigenvalue weighted by Gasteiger charge is -2.08. The second kappa shape index (κ2) is 4.16. The molecule has 1 rings (SSSR count). The molecule has 1 aromatic heterocycles. The van der Waals surface area contributed by atoms with Crippen molar-refractivity contribution in [1.82, 2.24) is 4.98 Å². The summed E-state index contributed by atoms with van der Waals surface area (Å²) >= 11 is 0. The highest BCUT2D eigenvalue weighted by Crippen LogP contribution is 2.22. The summed E-state index contributed by atoms with van der Waals surface area (Å²) in [6, 6.07) is 0.981. The predicted molar refractivity (Wildman–Crippen MR) is 42.3 cm³/mol. The fourth-order valence-corrected chi connectivity index (χ4v) is 0.924. The monoisotopic (exact) mass is 221 g/mol. The van der Waals surface area contributed by atoms with Crippen LogP contribution in [0, 0.1) is 0 Å². The summed E-state index contributed by atoms with van der Waals surface area (Å²) in [7, 11) is 0. The molecule has 4 nitrogen and oxygen atoms in total. The molecule has 0 aliphatic heterocycles. The number of pyridine rings is 1. The number of hydrogen-bond donors (Lipinski definition) is 1. The number of carboxylic acid groups (broad SMARTS) is 1. The Labute approximate surface area is 82.3 Å². The van der Waals surface area contributed by atoms with E-state index in [9.17, 15) is 18.0 Å². The van der Waals surface area contributed by atoms with Crippen LogP contribution in [0.4, 0.5) is 13.2 Å². The molecule has 0 saturated heterocycles. The normalized spacial score (nSPS) is 11.1. The number of rotatable bonds is 3. The molecule has 0 aliphatic carbocycles. The minimum absolute atomic E-state index is 0.143. The van der Waals surface area contributed by atoms with Crippen LogP contribution in [-0.4, -0.2) is 22.4 Å². The summed E-state index contributed by atoms with van der Waals surface area (Å²) in [5.74, 6) is -1.68. The van der Waals surface area contributed by atoms with E-state index in [1.807, 2.05) is 0 Å². The third-order valence-corrected chi connectivity index (χ3v) is 1.36. The zero-order valence-electron chi connectivity index (χ0n) is 7.28. The Balaban J connectivity index is 2.79. The first-order chi connectivity index (χ1) is 6.87. The van der Waals surface area contributed by atoms with Gasteiger partial charge in [0, 0.05) is 6.20 Å². The Bertz CT molecular complexity index is 364. The van der Waals surface area contributed by atoms with Gasteiger partial charge in [-0.25, -0.2) is 0 Å². The summed E-state index contributed by atoms with van der Waals surface area (Å²) < 4.78 is 38.9. The van der Waals surface area contributed by atoms with E-state index in [0.717, 1.165) is 18.5 Å². The molecule has 0 radical (unpaired) electrons. The number of carbonyl (C=O) groups is 1. The van der Waals surface area contributed by atoms with E-state index in [1.54, 1.807) is 0 Å². The quantitative estimate of drug-likeness (QED) is 0.842. The van der Waals surface area contributed by atoms with Crippen LogP contribution in [0.15, 0.2) is 18.5 Å². The van der Waals surface area contributed by atoms with Gasteiger partial charge in [-0.1, -0.05) is 0 Å². The molecule has 15 heavy (non-hydrogen) atoms. The number of aliphatic carboxylic acids is 1. The van der Waals surface area contributed by atoms with Crippen LogP contribution in [0.2, 0.25) is 0 Å². The van der Waals surface area contributed by atoms with Crippen molar-refractivity contribution in [2.24, 2.45) is 0 Å². The van der Waals surface area contributed by atoms with Gasteiger partial charge < -0.3 is 9.84 Å². The fourth-order valence-electron chi connectivity index (χ4n) is 0.924. The first kappa shape index (κ1) is 11.3. The molecule has 0 amide bonds. The highest BCUT2D eigenvalue weighted by atomic mass is 19.4. The van der Waals surface area contributed by atoms with E-state index in [-0.39, 0.29) is 5.56 Å². The molecule has 82 valence electrons. The Hall–Kier alpha value is -1.79. The maximum absolute atomic E-state index is 11.8. The molecule has 1 N–H and O–H groups in total. The maximum Gasteiger partial charge on any atom is 0.573 e. The number of aromatic nitrogens is 1. The molecule has 0 fully saturated rings. The summed E-state index contributed by atoms with van der Waals surface area (Å²) in [5.41, 5.74) is 0.143. The Kier molecular flexibility index (Phi) is 3.13. The van der Waals surface area contributed by atoms with Crippen molar-refractivity contribution in [1.29, 1.82) is 0 Å². The first-order valence-corrected chi connectivity index (χ1v) is 3.78. The lowest BCUT2D eigenvalue weighted by Crippen LogP contribution is -2.17. The first-order valence-electron chi connectivity index (χ1n) is 3.78. The lowest BCUT2D eigenvalue weighted by atomic mass is 10.2. The van der Waals surface area contributed by atoms with Crippen molar-refractivity contribution < 1.29 is 27.8 Å². The Morgan fingerprint density at radius 2 is 2.13 bits per heavy atom. The fraction of sp³-hybridized carbons (Fsp3) is 0.250. The van der Waals surface area contributed by atoms with E-state index in [1.165, 1.54) is 0 Å². The molecule has 0 bridgehead atoms. The number of nitrogens with zero attached hydrogens (tertiary/aromatic N) is 1. The van der Waals surface area contributed by atoms with E-state index in [0.29, 0.717) is 0 Å². The van der Waals surface area contributed by atoms with E-state index in [4.69, 9.17) is 5.11 Å². The molecule has 0 aromatic carbocycles. The zero-order valence-corrected chi connectivity index (χ0v) is 7.28. The van der Waals surface area contributed by atoms with E-state index < -0.39 is 24.5 Å². The van der Waals surface area contributed by atoms with Crippen molar-refractivity contribution in [3.05, 3.63) is 24.0 Å². The van der Waals surface area contributed by atoms with Crippen LogP contribution in [0.25, 0.3) is 0 Å². The number of ether oxygens (including phenoxy) is 1. The summed E-state index contributed by atoms with van der Waals surface area (Å²) in [6.07, 6.45) is -3.18. The Morgan fingerprint density at radius 1 is 1.47 bits per heavy atom. The van der Waals surface area contributed by atoms with Gasteiger partial charge in [0.1, 0.15) is 5.75 Å². The highest BCUT2D eigenvalue weighted by Gasteiger charge is 2.31. The van der Waals surface area contributed by atoms with Crippen LogP contribution in [0.1, 0.15) is 5.56 Å². The second-order valence-corrected chi connectivity index (χ2v) is 2.65. The van der Waals surface area contributed by atoms with Crippen LogP contribution >= 0.6 is 0 Å². The van der Waals surface area contributed by atoms with Crippen LogP contribution < -0.4 is 4.74 Å². The lowest BCUT2D eigenvalue weighted by molar-refractivity contribution is -0.274. The van der Waals surface area contributed by atoms with Crippen molar-refractivity contribution in [3.63, 3.8) is 0 Å². The number of carboxylic acids is 1. The molecule has 0 atom stereocenters. The number of halogens is 3. The van der Waals surface area contributed by atoms with Gasteiger partial charge in [-0.15, -0.1) is 13.2 Å². The predicted octanol–water partition coefficient (Wildman–Crippen LogP) is 1.61. The molecule has 0 saturated carbocycles. The molecule has 1 aromatic rings. The molecular formula is C8H6F3NO3. The minimum atomic E-state index is -4.80. The highest BCUT2D eigenvalue weighted by molar-refractivity contribution is 5.70. The van der Waals surface area contributed by atoms with E-state index in [2.05, 4.69) is 9.72 Å². The largest absolute Gasteiger partial charge is 0.573 e. The van der Waals surface area contributed by atoms with Crippen LogP contribution in [0.3, 0.4) is 0 Å². The van der Waals surface area contributed by atoms with Gasteiger partial charge in [0.05, 0.1) is 12.6 Å². The number of hydrogen-bond acceptors (Lipinski definition) is 3. The number of alkyl halides is 3. The third kappa shape index (κ3) is 4.30. The van der Waals surface area contributed by atoms with Crippen molar-refractivity contribution in [2.45, 2.75) is 12.8 Å². The van der Waals surface area contributed by atoms with Gasteiger partial charge in [-0.05, 0) is 11.6 Å². The Morgan fingerprint density at radius 3 is 2.67 bits per heavy atom. The summed E-state index contributed by atoms with van der Waals surface area (Å²) in [5, 5.41) is 8.40.